The molecule has 1 amide bonds. The van der Waals surface area contributed by atoms with E-state index in [0.29, 0.717) is 35.2 Å². The van der Waals surface area contributed by atoms with Gasteiger partial charge < -0.3 is 24.4 Å². The summed E-state index contributed by atoms with van der Waals surface area (Å²) in [5.74, 6) is 2.48. The second-order valence-electron chi connectivity index (χ2n) is 9.13. The zero-order chi connectivity index (χ0) is 26.5. The molecule has 7 nitrogen and oxygen atoms in total. The highest BCUT2D eigenvalue weighted by Crippen LogP contribution is 2.37. The van der Waals surface area contributed by atoms with E-state index >= 15 is 0 Å². The number of pyridine rings is 1. The van der Waals surface area contributed by atoms with E-state index < -0.39 is 0 Å². The van der Waals surface area contributed by atoms with Gasteiger partial charge in [-0.3, -0.25) is 9.78 Å². The second kappa shape index (κ2) is 11.2. The third-order valence-electron chi connectivity index (χ3n) is 6.12. The van der Waals surface area contributed by atoms with Crippen LogP contribution in [0.5, 0.6) is 23.0 Å². The van der Waals surface area contributed by atoms with Crippen LogP contribution in [0.1, 0.15) is 10.4 Å². The number of fused-ring (bicyclic) bond motifs is 2. The van der Waals surface area contributed by atoms with Crippen molar-refractivity contribution in [3.05, 3.63) is 96.7 Å². The molecule has 5 rings (SSSR count). The van der Waals surface area contributed by atoms with Crippen LogP contribution in [0.3, 0.4) is 0 Å². The lowest BCUT2D eigenvalue weighted by atomic mass is 10.1. The Balaban J connectivity index is 1.37. The molecule has 192 valence electrons. The monoisotopic (exact) mass is 507 g/mol. The Morgan fingerprint density at radius 3 is 2.45 bits per heavy atom. The van der Waals surface area contributed by atoms with E-state index in [9.17, 15) is 4.79 Å². The summed E-state index contributed by atoms with van der Waals surface area (Å²) >= 11 is 0. The molecule has 0 bridgehead atoms. The number of anilines is 1. The van der Waals surface area contributed by atoms with Crippen molar-refractivity contribution >= 4 is 33.3 Å². The van der Waals surface area contributed by atoms with Gasteiger partial charge in [0.15, 0.2) is 11.5 Å². The van der Waals surface area contributed by atoms with Gasteiger partial charge >= 0.3 is 0 Å². The van der Waals surface area contributed by atoms with Gasteiger partial charge in [0.25, 0.3) is 5.91 Å². The summed E-state index contributed by atoms with van der Waals surface area (Å²) in [6.07, 6.45) is 1.72. The van der Waals surface area contributed by atoms with Crippen molar-refractivity contribution in [3.8, 4) is 23.0 Å². The predicted octanol–water partition coefficient (Wildman–Crippen LogP) is 6.38. The molecular weight excluding hydrogens is 478 g/mol. The molecule has 0 atom stereocenters. The van der Waals surface area contributed by atoms with Crippen LogP contribution in [0.4, 0.5) is 5.69 Å². The van der Waals surface area contributed by atoms with Crippen LogP contribution in [0, 0.1) is 0 Å². The fraction of sp³-hybridized carbons (Fsp3) is 0.161. The lowest BCUT2D eigenvalue weighted by molar-refractivity contribution is 0.102. The molecule has 5 aromatic rings. The average Bonchev–Trinajstić information content (AvgIpc) is 2.93. The summed E-state index contributed by atoms with van der Waals surface area (Å²) in [5.41, 5.74) is 2.10. The van der Waals surface area contributed by atoms with Crippen molar-refractivity contribution in [2.45, 2.75) is 0 Å². The van der Waals surface area contributed by atoms with Gasteiger partial charge in [0.05, 0.1) is 12.6 Å². The smallest absolute Gasteiger partial charge is 0.255 e. The van der Waals surface area contributed by atoms with Crippen LogP contribution in [-0.2, 0) is 0 Å². The van der Waals surface area contributed by atoms with E-state index in [2.05, 4.69) is 15.2 Å². The molecule has 0 aliphatic carbocycles. The zero-order valence-electron chi connectivity index (χ0n) is 21.6. The van der Waals surface area contributed by atoms with E-state index in [0.717, 1.165) is 33.9 Å². The summed E-state index contributed by atoms with van der Waals surface area (Å²) in [4.78, 5) is 19.1. The number of carbonyl (C=O) groups is 1. The fourth-order valence-corrected chi connectivity index (χ4v) is 4.11. The number of likely N-dealkylation sites (N-methyl/N-ethyl adjacent to an activating group) is 1. The first-order valence-electron chi connectivity index (χ1n) is 12.3. The number of hydrogen-bond acceptors (Lipinski definition) is 6. The standard InChI is InChI=1S/C31H29N3O4/c1-34(2)15-16-37-30-20-27-26(19-29(30)36-3)28(13-14-32-27)38-25-12-10-22-17-24(11-9-23(22)18-25)33-31(35)21-7-5-4-6-8-21/h4-14,17-20H,15-16H2,1-3H3,(H,33,35). The summed E-state index contributed by atoms with van der Waals surface area (Å²) in [6.45, 7) is 1.33. The highest BCUT2D eigenvalue weighted by Gasteiger charge is 2.13. The van der Waals surface area contributed by atoms with Crippen molar-refractivity contribution in [2.24, 2.45) is 0 Å². The van der Waals surface area contributed by atoms with E-state index in [1.807, 2.05) is 86.9 Å². The number of carbonyl (C=O) groups excluding carboxylic acids is 1. The topological polar surface area (TPSA) is 72.9 Å². The number of benzene rings is 4. The van der Waals surface area contributed by atoms with Crippen LogP contribution in [0.25, 0.3) is 21.7 Å². The summed E-state index contributed by atoms with van der Waals surface area (Å²) in [7, 11) is 5.63. The first-order valence-corrected chi connectivity index (χ1v) is 12.3. The lowest BCUT2D eigenvalue weighted by Crippen LogP contribution is -2.19. The summed E-state index contributed by atoms with van der Waals surface area (Å²) in [5, 5.41) is 5.76. The van der Waals surface area contributed by atoms with Crippen molar-refractivity contribution < 1.29 is 19.0 Å². The second-order valence-corrected chi connectivity index (χ2v) is 9.13. The third-order valence-corrected chi connectivity index (χ3v) is 6.12. The van der Waals surface area contributed by atoms with Gasteiger partial charge in [-0.1, -0.05) is 30.3 Å². The predicted molar refractivity (Wildman–Crippen MR) is 151 cm³/mol. The van der Waals surface area contributed by atoms with Gasteiger partial charge in [-0.25, -0.2) is 0 Å². The van der Waals surface area contributed by atoms with Gasteiger partial charge in [0.2, 0.25) is 0 Å². The Bertz CT molecular complexity index is 1590. The first-order chi connectivity index (χ1) is 18.5. The number of rotatable bonds is 9. The maximum Gasteiger partial charge on any atom is 0.255 e. The minimum Gasteiger partial charge on any atom is -0.493 e. The SMILES string of the molecule is COc1cc2c(Oc3ccc4cc(NC(=O)c5ccccc5)ccc4c3)ccnc2cc1OCCN(C)C. The number of ether oxygens (including phenoxy) is 3. The van der Waals surface area contributed by atoms with E-state index in [1.54, 1.807) is 25.4 Å². The molecule has 1 heterocycles. The molecule has 0 aliphatic heterocycles. The quantitative estimate of drug-likeness (QED) is 0.250. The molecule has 0 spiro atoms. The molecule has 0 radical (unpaired) electrons. The summed E-state index contributed by atoms with van der Waals surface area (Å²) in [6, 6.07) is 26.4. The van der Waals surface area contributed by atoms with Crippen LogP contribution in [-0.4, -0.2) is 50.1 Å². The average molecular weight is 508 g/mol. The Kier molecular flexibility index (Phi) is 7.38. The molecule has 1 aromatic heterocycles. The van der Waals surface area contributed by atoms with Crippen molar-refractivity contribution in [3.63, 3.8) is 0 Å². The lowest BCUT2D eigenvalue weighted by Gasteiger charge is -2.15. The zero-order valence-corrected chi connectivity index (χ0v) is 21.6. The first kappa shape index (κ1) is 25.0. The Hall–Kier alpha value is -4.62. The molecular formula is C31H29N3O4. The van der Waals surface area contributed by atoms with Crippen LogP contribution < -0.4 is 19.5 Å². The molecule has 38 heavy (non-hydrogen) atoms. The van der Waals surface area contributed by atoms with Gasteiger partial charge in [-0.05, 0) is 73.4 Å². The highest BCUT2D eigenvalue weighted by molar-refractivity contribution is 6.05. The van der Waals surface area contributed by atoms with Crippen molar-refractivity contribution in [2.75, 3.05) is 39.7 Å². The highest BCUT2D eigenvalue weighted by atomic mass is 16.5. The minimum absolute atomic E-state index is 0.142. The molecule has 0 saturated heterocycles. The number of nitrogens with zero attached hydrogens (tertiary/aromatic N) is 2. The Labute approximate surface area is 221 Å². The van der Waals surface area contributed by atoms with Crippen LogP contribution in [0.2, 0.25) is 0 Å². The molecule has 1 N–H and O–H groups in total. The fourth-order valence-electron chi connectivity index (χ4n) is 4.11. The third kappa shape index (κ3) is 5.68. The minimum atomic E-state index is -0.142. The van der Waals surface area contributed by atoms with E-state index in [1.165, 1.54) is 0 Å². The van der Waals surface area contributed by atoms with E-state index in [4.69, 9.17) is 14.2 Å². The number of amides is 1. The number of nitrogens with one attached hydrogen (secondary N) is 1. The van der Waals surface area contributed by atoms with Gasteiger partial charge in [0, 0.05) is 35.4 Å². The largest absolute Gasteiger partial charge is 0.493 e. The van der Waals surface area contributed by atoms with Crippen molar-refractivity contribution in [1.82, 2.24) is 9.88 Å². The maximum absolute atomic E-state index is 12.5. The Morgan fingerprint density at radius 1 is 0.868 bits per heavy atom. The van der Waals surface area contributed by atoms with Gasteiger partial charge in [-0.15, -0.1) is 0 Å². The maximum atomic E-state index is 12.5. The molecule has 0 unspecified atom stereocenters. The molecule has 0 saturated carbocycles. The molecule has 0 aliphatic rings. The number of aromatic nitrogens is 1. The number of methoxy groups -OCH3 is 1. The van der Waals surface area contributed by atoms with E-state index in [-0.39, 0.29) is 5.91 Å². The van der Waals surface area contributed by atoms with Gasteiger partial charge in [0.1, 0.15) is 18.1 Å². The Morgan fingerprint density at radius 2 is 1.66 bits per heavy atom. The molecule has 4 aromatic carbocycles. The summed E-state index contributed by atoms with van der Waals surface area (Å²) < 4.78 is 17.8. The van der Waals surface area contributed by atoms with Crippen molar-refractivity contribution in [1.29, 1.82) is 0 Å². The van der Waals surface area contributed by atoms with Crippen LogP contribution in [0.15, 0.2) is 91.1 Å². The molecule has 0 fully saturated rings. The normalized spacial score (nSPS) is 11.1. The number of hydrogen-bond donors (Lipinski definition) is 1. The molecule has 7 heteroatoms. The van der Waals surface area contributed by atoms with Crippen LogP contribution >= 0.6 is 0 Å². The van der Waals surface area contributed by atoms with Gasteiger partial charge in [-0.2, -0.15) is 0 Å².